The molecule has 0 radical (unpaired) electrons. The summed E-state index contributed by atoms with van der Waals surface area (Å²) >= 11 is 0. The zero-order chi connectivity index (χ0) is 27.5. The second kappa shape index (κ2) is 13.5. The quantitative estimate of drug-likeness (QED) is 0.0934. The number of nitrogens with zero attached hydrogens (tertiary/aromatic N) is 1. The van der Waals surface area contributed by atoms with E-state index in [-0.39, 0.29) is 12.5 Å². The van der Waals surface area contributed by atoms with E-state index in [2.05, 4.69) is 22.8 Å². The lowest BCUT2D eigenvalue weighted by atomic mass is 10.0. The number of esters is 1. The minimum absolute atomic E-state index is 0.222. The van der Waals surface area contributed by atoms with E-state index in [1.165, 1.54) is 6.21 Å². The maximum absolute atomic E-state index is 12.5. The molecule has 0 spiro atoms. The van der Waals surface area contributed by atoms with Crippen LogP contribution in [-0.4, -0.2) is 37.1 Å². The van der Waals surface area contributed by atoms with Crippen molar-refractivity contribution < 1.29 is 23.9 Å². The number of hydrogen-bond donors (Lipinski definition) is 2. The van der Waals surface area contributed by atoms with Crippen molar-refractivity contribution in [2.24, 2.45) is 5.10 Å². The lowest BCUT2D eigenvalue weighted by Gasteiger charge is -2.07. The van der Waals surface area contributed by atoms with Crippen LogP contribution in [0.5, 0.6) is 11.5 Å². The van der Waals surface area contributed by atoms with Crippen molar-refractivity contribution in [1.29, 1.82) is 0 Å². The molecule has 0 unspecified atom stereocenters. The number of hydrogen-bond acceptors (Lipinski definition) is 6. The monoisotopic (exact) mass is 523 g/mol. The van der Waals surface area contributed by atoms with Crippen LogP contribution >= 0.6 is 0 Å². The molecule has 4 aromatic rings. The third-order valence-electron chi connectivity index (χ3n) is 5.79. The molecule has 2 amide bonds. The molecule has 0 aliphatic heterocycles. The number of hydrazone groups is 1. The van der Waals surface area contributed by atoms with Crippen molar-refractivity contribution in [2.45, 2.75) is 19.8 Å². The van der Waals surface area contributed by atoms with Gasteiger partial charge in [0.2, 0.25) is 0 Å². The second-order valence-corrected chi connectivity index (χ2v) is 8.69. The van der Waals surface area contributed by atoms with E-state index in [9.17, 15) is 14.4 Å². The standard InChI is InChI=1S/C31H29N3O5/c1-2-3-19-38-25-17-13-24(14-18-25)31(37)39-26-15-11-22(12-16-26)20-33-34-29(35)21-32-30(36)28-10-6-8-23-7-4-5-9-27(23)28/h4-18,20H,2-3,19,21H2,1H3,(H,32,36)(H,34,35). The minimum Gasteiger partial charge on any atom is -0.494 e. The van der Waals surface area contributed by atoms with Gasteiger partial charge in [0.25, 0.3) is 11.8 Å². The van der Waals surface area contributed by atoms with E-state index in [1.54, 1.807) is 60.7 Å². The van der Waals surface area contributed by atoms with Crippen LogP contribution < -0.4 is 20.2 Å². The Morgan fingerprint density at radius 3 is 2.33 bits per heavy atom. The molecular formula is C31H29N3O5. The molecule has 0 aromatic heterocycles. The van der Waals surface area contributed by atoms with Crippen molar-refractivity contribution >= 4 is 34.8 Å². The Balaban J connectivity index is 1.22. The van der Waals surface area contributed by atoms with Gasteiger partial charge in [0.1, 0.15) is 11.5 Å². The number of carbonyl (C=O) groups is 3. The summed E-state index contributed by atoms with van der Waals surface area (Å²) in [6.45, 7) is 2.51. The average molecular weight is 524 g/mol. The smallest absolute Gasteiger partial charge is 0.343 e. The fourth-order valence-electron chi connectivity index (χ4n) is 3.71. The third-order valence-corrected chi connectivity index (χ3v) is 5.79. The van der Waals surface area contributed by atoms with Crippen molar-refractivity contribution in [1.82, 2.24) is 10.7 Å². The van der Waals surface area contributed by atoms with Gasteiger partial charge in [-0.1, -0.05) is 49.7 Å². The molecular weight excluding hydrogens is 494 g/mol. The van der Waals surface area contributed by atoms with Gasteiger partial charge in [0, 0.05) is 5.56 Å². The first-order valence-electron chi connectivity index (χ1n) is 12.7. The number of ether oxygens (including phenoxy) is 2. The molecule has 0 saturated heterocycles. The first kappa shape index (κ1) is 27.1. The zero-order valence-electron chi connectivity index (χ0n) is 21.6. The molecule has 198 valence electrons. The molecule has 2 N–H and O–H groups in total. The lowest BCUT2D eigenvalue weighted by Crippen LogP contribution is -2.35. The van der Waals surface area contributed by atoms with E-state index in [1.807, 2.05) is 30.3 Å². The predicted octanol–water partition coefficient (Wildman–Crippen LogP) is 5.12. The maximum Gasteiger partial charge on any atom is 0.343 e. The number of unbranched alkanes of at least 4 members (excludes halogenated alkanes) is 1. The summed E-state index contributed by atoms with van der Waals surface area (Å²) in [4.78, 5) is 37.1. The van der Waals surface area contributed by atoms with Gasteiger partial charge in [-0.2, -0.15) is 5.10 Å². The van der Waals surface area contributed by atoms with Gasteiger partial charge in [-0.15, -0.1) is 0 Å². The maximum atomic E-state index is 12.5. The molecule has 39 heavy (non-hydrogen) atoms. The Morgan fingerprint density at radius 1 is 0.846 bits per heavy atom. The van der Waals surface area contributed by atoms with E-state index in [0.717, 1.165) is 23.6 Å². The van der Waals surface area contributed by atoms with E-state index >= 15 is 0 Å². The molecule has 8 heteroatoms. The van der Waals surface area contributed by atoms with E-state index < -0.39 is 11.9 Å². The molecule has 0 heterocycles. The number of benzene rings is 4. The molecule has 0 saturated carbocycles. The molecule has 4 aromatic carbocycles. The Labute approximate surface area is 226 Å². The van der Waals surface area contributed by atoms with Crippen LogP contribution in [0, 0.1) is 0 Å². The van der Waals surface area contributed by atoms with Gasteiger partial charge in [0.15, 0.2) is 0 Å². The van der Waals surface area contributed by atoms with Crippen LogP contribution in [0.3, 0.4) is 0 Å². The van der Waals surface area contributed by atoms with Gasteiger partial charge in [-0.3, -0.25) is 9.59 Å². The van der Waals surface area contributed by atoms with Gasteiger partial charge >= 0.3 is 5.97 Å². The van der Waals surface area contributed by atoms with Crippen molar-refractivity contribution in [3.8, 4) is 11.5 Å². The highest BCUT2D eigenvalue weighted by molar-refractivity contribution is 6.07. The van der Waals surface area contributed by atoms with E-state index in [0.29, 0.717) is 34.8 Å². The van der Waals surface area contributed by atoms with Crippen LogP contribution in [0.1, 0.15) is 46.0 Å². The molecule has 0 fully saturated rings. The summed E-state index contributed by atoms with van der Waals surface area (Å²) < 4.78 is 11.0. The molecule has 0 aliphatic carbocycles. The van der Waals surface area contributed by atoms with Crippen LogP contribution in [-0.2, 0) is 4.79 Å². The molecule has 0 aliphatic rings. The Kier molecular flexibility index (Phi) is 9.39. The van der Waals surface area contributed by atoms with Gasteiger partial charge in [-0.05, 0) is 77.4 Å². The number of fused-ring (bicyclic) bond motifs is 1. The Bertz CT molecular complexity index is 1460. The normalized spacial score (nSPS) is 10.8. The van der Waals surface area contributed by atoms with Crippen LogP contribution in [0.15, 0.2) is 96.1 Å². The first-order valence-corrected chi connectivity index (χ1v) is 12.7. The Hall–Kier alpha value is -4.98. The largest absolute Gasteiger partial charge is 0.494 e. The molecule has 0 bridgehead atoms. The van der Waals surface area contributed by atoms with Crippen LogP contribution in [0.2, 0.25) is 0 Å². The Morgan fingerprint density at radius 2 is 1.56 bits per heavy atom. The fourth-order valence-corrected chi connectivity index (χ4v) is 3.71. The zero-order valence-corrected chi connectivity index (χ0v) is 21.6. The topological polar surface area (TPSA) is 106 Å². The van der Waals surface area contributed by atoms with Crippen LogP contribution in [0.4, 0.5) is 0 Å². The highest BCUT2D eigenvalue weighted by Crippen LogP contribution is 2.19. The molecule has 8 nitrogen and oxygen atoms in total. The van der Waals surface area contributed by atoms with Crippen molar-refractivity contribution in [3.05, 3.63) is 108 Å². The summed E-state index contributed by atoms with van der Waals surface area (Å²) in [6.07, 6.45) is 3.48. The average Bonchev–Trinajstić information content (AvgIpc) is 2.97. The summed E-state index contributed by atoms with van der Waals surface area (Å²) in [6, 6.07) is 26.5. The van der Waals surface area contributed by atoms with Crippen molar-refractivity contribution in [3.63, 3.8) is 0 Å². The molecule has 0 atom stereocenters. The molecule has 4 rings (SSSR count). The fraction of sp³-hybridized carbons (Fsp3) is 0.161. The first-order chi connectivity index (χ1) is 19.0. The number of nitrogens with one attached hydrogen (secondary N) is 2. The number of rotatable bonds is 11. The van der Waals surface area contributed by atoms with Gasteiger partial charge < -0.3 is 14.8 Å². The van der Waals surface area contributed by atoms with Gasteiger partial charge in [0.05, 0.1) is 24.9 Å². The minimum atomic E-state index is -0.477. The predicted molar refractivity (Wildman–Crippen MR) is 150 cm³/mol. The SMILES string of the molecule is CCCCOc1ccc(C(=O)Oc2ccc(C=NNC(=O)CNC(=O)c3cccc4ccccc34)cc2)cc1. The number of carbonyl (C=O) groups excluding carboxylic acids is 3. The summed E-state index contributed by atoms with van der Waals surface area (Å²) in [7, 11) is 0. The second-order valence-electron chi connectivity index (χ2n) is 8.69. The van der Waals surface area contributed by atoms with Crippen molar-refractivity contribution in [2.75, 3.05) is 13.2 Å². The highest BCUT2D eigenvalue weighted by atomic mass is 16.5. The summed E-state index contributed by atoms with van der Waals surface area (Å²) in [5.74, 6) is -0.197. The number of amides is 2. The summed E-state index contributed by atoms with van der Waals surface area (Å²) in [5.41, 5.74) is 3.98. The lowest BCUT2D eigenvalue weighted by molar-refractivity contribution is -0.120. The summed E-state index contributed by atoms with van der Waals surface area (Å²) in [5, 5.41) is 8.29. The highest BCUT2D eigenvalue weighted by Gasteiger charge is 2.11. The van der Waals surface area contributed by atoms with E-state index in [4.69, 9.17) is 9.47 Å². The van der Waals surface area contributed by atoms with Gasteiger partial charge in [-0.25, -0.2) is 10.2 Å². The third kappa shape index (κ3) is 7.75. The van der Waals surface area contributed by atoms with Crippen LogP contribution in [0.25, 0.3) is 10.8 Å².